The van der Waals surface area contributed by atoms with Crippen molar-refractivity contribution in [3.8, 4) is 0 Å². The summed E-state index contributed by atoms with van der Waals surface area (Å²) in [6, 6.07) is 1.56. The van der Waals surface area contributed by atoms with Gasteiger partial charge in [-0.3, -0.25) is 9.88 Å². The van der Waals surface area contributed by atoms with Crippen LogP contribution >= 0.6 is 0 Å². The maximum Gasteiger partial charge on any atom is 0.141 e. The summed E-state index contributed by atoms with van der Waals surface area (Å²) < 4.78 is 12.9. The second-order valence-electron chi connectivity index (χ2n) is 4.09. The zero-order valence-electron chi connectivity index (χ0n) is 8.99. The van der Waals surface area contributed by atoms with Crippen molar-refractivity contribution in [3.63, 3.8) is 0 Å². The van der Waals surface area contributed by atoms with Crippen molar-refractivity contribution in [2.75, 3.05) is 33.2 Å². The number of nitrogens with zero attached hydrogens (tertiary/aromatic N) is 3. The highest BCUT2D eigenvalue weighted by molar-refractivity contribution is 5.10. The normalized spacial score (nSPS) is 19.3. The van der Waals surface area contributed by atoms with Gasteiger partial charge in [-0.05, 0) is 18.7 Å². The molecule has 4 heteroatoms. The molecule has 0 aliphatic carbocycles. The summed E-state index contributed by atoms with van der Waals surface area (Å²) in [6.45, 7) is 5.07. The van der Waals surface area contributed by atoms with Crippen LogP contribution in [0.4, 0.5) is 4.39 Å². The van der Waals surface area contributed by atoms with Crippen LogP contribution < -0.4 is 0 Å². The minimum Gasteiger partial charge on any atom is -0.304 e. The van der Waals surface area contributed by atoms with Gasteiger partial charge in [0.1, 0.15) is 5.82 Å². The quantitative estimate of drug-likeness (QED) is 0.723. The van der Waals surface area contributed by atoms with Crippen LogP contribution in [0, 0.1) is 5.82 Å². The number of pyridine rings is 1. The van der Waals surface area contributed by atoms with E-state index in [0.717, 1.165) is 38.3 Å². The van der Waals surface area contributed by atoms with Crippen LogP contribution in [0.5, 0.6) is 0 Å². The Kier molecular flexibility index (Phi) is 3.28. The van der Waals surface area contributed by atoms with Crippen molar-refractivity contribution >= 4 is 0 Å². The van der Waals surface area contributed by atoms with Crippen molar-refractivity contribution < 1.29 is 4.39 Å². The van der Waals surface area contributed by atoms with Crippen LogP contribution in [-0.4, -0.2) is 48.0 Å². The number of hydrogen-bond acceptors (Lipinski definition) is 3. The van der Waals surface area contributed by atoms with Gasteiger partial charge < -0.3 is 4.90 Å². The zero-order valence-corrected chi connectivity index (χ0v) is 8.99. The fraction of sp³-hybridized carbons (Fsp3) is 0.545. The summed E-state index contributed by atoms with van der Waals surface area (Å²) in [5.41, 5.74) is 0.958. The number of hydrogen-bond donors (Lipinski definition) is 0. The van der Waals surface area contributed by atoms with E-state index >= 15 is 0 Å². The average molecular weight is 209 g/mol. The molecule has 2 rings (SSSR count). The SMILES string of the molecule is CN1CCN(Cc2cncc(F)c2)CC1. The van der Waals surface area contributed by atoms with Crippen LogP contribution in [-0.2, 0) is 6.54 Å². The third kappa shape index (κ3) is 2.97. The molecular weight excluding hydrogens is 193 g/mol. The molecule has 0 bridgehead atoms. The Labute approximate surface area is 89.5 Å². The van der Waals surface area contributed by atoms with Crippen LogP contribution in [0.25, 0.3) is 0 Å². The highest BCUT2D eigenvalue weighted by Crippen LogP contribution is 2.07. The maximum atomic E-state index is 12.9. The molecule has 3 nitrogen and oxygen atoms in total. The van der Waals surface area contributed by atoms with E-state index in [1.165, 1.54) is 6.20 Å². The van der Waals surface area contributed by atoms with Gasteiger partial charge in [-0.1, -0.05) is 0 Å². The smallest absolute Gasteiger partial charge is 0.141 e. The summed E-state index contributed by atoms with van der Waals surface area (Å²) in [5.74, 6) is -0.248. The lowest BCUT2D eigenvalue weighted by atomic mass is 10.2. The monoisotopic (exact) mass is 209 g/mol. The van der Waals surface area contributed by atoms with Crippen LogP contribution in [0.1, 0.15) is 5.56 Å². The van der Waals surface area contributed by atoms with Gasteiger partial charge >= 0.3 is 0 Å². The van der Waals surface area contributed by atoms with Gasteiger partial charge in [0.2, 0.25) is 0 Å². The second kappa shape index (κ2) is 4.68. The first-order valence-corrected chi connectivity index (χ1v) is 5.24. The molecule has 82 valence electrons. The molecule has 0 amide bonds. The summed E-state index contributed by atoms with van der Waals surface area (Å²) in [4.78, 5) is 8.49. The minimum absolute atomic E-state index is 0.248. The third-order valence-electron chi connectivity index (χ3n) is 2.76. The second-order valence-corrected chi connectivity index (χ2v) is 4.09. The molecule has 0 N–H and O–H groups in total. The first-order chi connectivity index (χ1) is 7.24. The van der Waals surface area contributed by atoms with Crippen molar-refractivity contribution in [2.24, 2.45) is 0 Å². The van der Waals surface area contributed by atoms with E-state index in [4.69, 9.17) is 0 Å². The minimum atomic E-state index is -0.248. The standard InChI is InChI=1S/C11H16FN3/c1-14-2-4-15(5-3-14)9-10-6-11(12)8-13-7-10/h6-8H,2-5,9H2,1H3. The molecule has 1 aliphatic rings. The van der Waals surface area contributed by atoms with E-state index in [0.29, 0.717) is 0 Å². The topological polar surface area (TPSA) is 19.4 Å². The van der Waals surface area contributed by atoms with E-state index in [9.17, 15) is 4.39 Å². The van der Waals surface area contributed by atoms with E-state index < -0.39 is 0 Å². The molecule has 0 radical (unpaired) electrons. The van der Waals surface area contributed by atoms with Gasteiger partial charge in [0.15, 0.2) is 0 Å². The van der Waals surface area contributed by atoms with E-state index in [-0.39, 0.29) is 5.82 Å². The summed E-state index contributed by atoms with van der Waals surface area (Å²) in [7, 11) is 2.13. The maximum absolute atomic E-state index is 12.9. The van der Waals surface area contributed by atoms with Crippen molar-refractivity contribution in [2.45, 2.75) is 6.54 Å². The molecule has 0 spiro atoms. The number of halogens is 1. The largest absolute Gasteiger partial charge is 0.304 e. The van der Waals surface area contributed by atoms with Gasteiger partial charge in [-0.15, -0.1) is 0 Å². The Hall–Kier alpha value is -1.00. The third-order valence-corrected chi connectivity index (χ3v) is 2.76. The first-order valence-electron chi connectivity index (χ1n) is 5.24. The molecule has 1 saturated heterocycles. The average Bonchev–Trinajstić information content (AvgIpc) is 2.22. The van der Waals surface area contributed by atoms with E-state index in [2.05, 4.69) is 21.8 Å². The highest BCUT2D eigenvalue weighted by Gasteiger charge is 2.13. The van der Waals surface area contributed by atoms with Crippen LogP contribution in [0.2, 0.25) is 0 Å². The van der Waals surface area contributed by atoms with Crippen LogP contribution in [0.3, 0.4) is 0 Å². The number of rotatable bonds is 2. The van der Waals surface area contributed by atoms with E-state index in [1.807, 2.05) is 0 Å². The zero-order chi connectivity index (χ0) is 10.7. The lowest BCUT2D eigenvalue weighted by molar-refractivity contribution is 0.148. The van der Waals surface area contributed by atoms with Crippen LogP contribution in [0.15, 0.2) is 18.5 Å². The summed E-state index contributed by atoms with van der Waals surface area (Å²) in [5, 5.41) is 0. The summed E-state index contributed by atoms with van der Waals surface area (Å²) >= 11 is 0. The van der Waals surface area contributed by atoms with Gasteiger partial charge in [-0.25, -0.2) is 4.39 Å². The Morgan fingerprint density at radius 1 is 1.27 bits per heavy atom. The molecule has 1 fully saturated rings. The summed E-state index contributed by atoms with van der Waals surface area (Å²) in [6.07, 6.45) is 2.98. The molecule has 0 saturated carbocycles. The fourth-order valence-electron chi connectivity index (χ4n) is 1.81. The molecule has 15 heavy (non-hydrogen) atoms. The van der Waals surface area contributed by atoms with Crippen molar-refractivity contribution in [1.29, 1.82) is 0 Å². The fourth-order valence-corrected chi connectivity index (χ4v) is 1.81. The predicted molar refractivity (Wildman–Crippen MR) is 57.0 cm³/mol. The molecule has 0 atom stereocenters. The van der Waals surface area contributed by atoms with Gasteiger partial charge in [0.25, 0.3) is 0 Å². The lowest BCUT2D eigenvalue weighted by Crippen LogP contribution is -2.43. The number of piperazine rings is 1. The molecule has 1 aromatic heterocycles. The van der Waals surface area contributed by atoms with Gasteiger partial charge in [0, 0.05) is 38.9 Å². The molecule has 0 unspecified atom stereocenters. The van der Waals surface area contributed by atoms with E-state index in [1.54, 1.807) is 12.3 Å². The highest BCUT2D eigenvalue weighted by atomic mass is 19.1. The Morgan fingerprint density at radius 2 is 2.00 bits per heavy atom. The van der Waals surface area contributed by atoms with Gasteiger partial charge in [0.05, 0.1) is 6.20 Å². The molecule has 2 heterocycles. The Morgan fingerprint density at radius 3 is 2.67 bits per heavy atom. The van der Waals surface area contributed by atoms with Crippen molar-refractivity contribution in [1.82, 2.24) is 14.8 Å². The lowest BCUT2D eigenvalue weighted by Gasteiger charge is -2.32. The first kappa shape index (κ1) is 10.5. The molecule has 0 aromatic carbocycles. The Bertz CT molecular complexity index is 321. The predicted octanol–water partition coefficient (Wildman–Crippen LogP) is 0.968. The molecule has 1 aromatic rings. The Balaban J connectivity index is 1.92. The number of likely N-dealkylation sites (N-methyl/N-ethyl adjacent to an activating group) is 1. The molecular formula is C11H16FN3. The molecule has 1 aliphatic heterocycles. The number of aromatic nitrogens is 1. The van der Waals surface area contributed by atoms with Gasteiger partial charge in [-0.2, -0.15) is 0 Å². The van der Waals surface area contributed by atoms with Crippen molar-refractivity contribution in [3.05, 3.63) is 29.8 Å².